The maximum absolute atomic E-state index is 12.4. The van der Waals surface area contributed by atoms with Crippen LogP contribution in [0.25, 0.3) is 0 Å². The Morgan fingerprint density at radius 3 is 2.32 bits per heavy atom. The Hall–Kier alpha value is -0.330. The summed E-state index contributed by atoms with van der Waals surface area (Å²) in [4.78, 5) is -0.0730. The smallest absolute Gasteiger partial charge is 0.243 e. The molecule has 1 aliphatic rings. The Balaban J connectivity index is 2.27. The molecular formula is C12H16Cl2N2O2S. The van der Waals surface area contributed by atoms with E-state index in [1.54, 1.807) is 6.07 Å². The van der Waals surface area contributed by atoms with E-state index in [0.717, 1.165) is 25.7 Å². The van der Waals surface area contributed by atoms with E-state index in [9.17, 15) is 8.42 Å². The molecule has 4 nitrogen and oxygen atoms in total. The van der Waals surface area contributed by atoms with Gasteiger partial charge >= 0.3 is 0 Å². The fourth-order valence-electron chi connectivity index (χ4n) is 2.30. The lowest BCUT2D eigenvalue weighted by Crippen LogP contribution is -2.49. The zero-order chi connectivity index (χ0) is 14.0. The lowest BCUT2D eigenvalue weighted by molar-refractivity contribution is 0.361. The third-order valence-electron chi connectivity index (χ3n) is 3.31. The topological polar surface area (TPSA) is 72.2 Å². The van der Waals surface area contributed by atoms with Crippen molar-refractivity contribution in [2.24, 2.45) is 5.73 Å². The van der Waals surface area contributed by atoms with Gasteiger partial charge in [-0.1, -0.05) is 42.1 Å². The van der Waals surface area contributed by atoms with Crippen molar-refractivity contribution in [3.8, 4) is 0 Å². The van der Waals surface area contributed by atoms with E-state index < -0.39 is 10.0 Å². The zero-order valence-corrected chi connectivity index (χ0v) is 12.6. The highest BCUT2D eigenvalue weighted by Crippen LogP contribution is 2.29. The average molecular weight is 323 g/mol. The molecule has 106 valence electrons. The second kappa shape index (κ2) is 5.97. The molecule has 19 heavy (non-hydrogen) atoms. The first-order chi connectivity index (χ1) is 8.92. The second-order valence-electron chi connectivity index (χ2n) is 4.73. The standard InChI is InChI=1S/C12H16Cl2N2O2S/c13-8-4-3-5-9(14)12(8)19(17,18)16-11-7-2-1-6-10(11)15/h3-5,10-11,16H,1-2,6-7,15H2. The molecule has 2 rings (SSSR count). The molecule has 3 N–H and O–H groups in total. The molecule has 1 saturated carbocycles. The summed E-state index contributed by atoms with van der Waals surface area (Å²) in [6.45, 7) is 0. The lowest BCUT2D eigenvalue weighted by atomic mass is 9.92. The fraction of sp³-hybridized carbons (Fsp3) is 0.500. The summed E-state index contributed by atoms with van der Waals surface area (Å²) < 4.78 is 27.3. The lowest BCUT2D eigenvalue weighted by Gasteiger charge is -2.29. The third kappa shape index (κ3) is 3.41. The van der Waals surface area contributed by atoms with Crippen molar-refractivity contribution in [2.45, 2.75) is 42.7 Å². The number of halogens is 2. The first-order valence-corrected chi connectivity index (χ1v) is 8.37. The number of sulfonamides is 1. The molecule has 1 fully saturated rings. The Morgan fingerprint density at radius 2 is 1.74 bits per heavy atom. The molecule has 0 aliphatic heterocycles. The van der Waals surface area contributed by atoms with Gasteiger partial charge in [0.15, 0.2) is 0 Å². The van der Waals surface area contributed by atoms with Gasteiger partial charge in [-0.3, -0.25) is 0 Å². The van der Waals surface area contributed by atoms with Crippen molar-refractivity contribution >= 4 is 33.2 Å². The summed E-state index contributed by atoms with van der Waals surface area (Å²) in [6, 6.07) is 4.19. The van der Waals surface area contributed by atoms with Gasteiger partial charge in [0.1, 0.15) is 4.90 Å². The van der Waals surface area contributed by atoms with E-state index in [1.807, 2.05) is 0 Å². The van der Waals surface area contributed by atoms with Crippen molar-refractivity contribution < 1.29 is 8.42 Å². The van der Waals surface area contributed by atoms with Gasteiger partial charge in [0.2, 0.25) is 10.0 Å². The SMILES string of the molecule is NC1CCCCC1NS(=O)(=O)c1c(Cl)cccc1Cl. The number of hydrogen-bond acceptors (Lipinski definition) is 3. The van der Waals surface area contributed by atoms with Crippen LogP contribution in [0.3, 0.4) is 0 Å². The van der Waals surface area contributed by atoms with Gasteiger partial charge in [-0.05, 0) is 25.0 Å². The summed E-state index contributed by atoms with van der Waals surface area (Å²) in [5.74, 6) is 0. The minimum absolute atomic E-state index is 0.0730. The molecule has 0 aromatic heterocycles. The van der Waals surface area contributed by atoms with E-state index in [4.69, 9.17) is 28.9 Å². The van der Waals surface area contributed by atoms with Crippen LogP contribution >= 0.6 is 23.2 Å². The van der Waals surface area contributed by atoms with Crippen LogP contribution < -0.4 is 10.5 Å². The highest BCUT2D eigenvalue weighted by atomic mass is 35.5. The molecule has 1 aromatic rings. The molecule has 7 heteroatoms. The van der Waals surface area contributed by atoms with Gasteiger partial charge in [-0.2, -0.15) is 0 Å². The van der Waals surface area contributed by atoms with Crippen molar-refractivity contribution in [1.29, 1.82) is 0 Å². The monoisotopic (exact) mass is 322 g/mol. The van der Waals surface area contributed by atoms with Crippen LogP contribution in [0.5, 0.6) is 0 Å². The summed E-state index contributed by atoms with van der Waals surface area (Å²) >= 11 is 11.9. The van der Waals surface area contributed by atoms with Crippen molar-refractivity contribution in [1.82, 2.24) is 4.72 Å². The van der Waals surface area contributed by atoms with E-state index in [1.165, 1.54) is 12.1 Å². The Labute approximate surface area is 123 Å². The largest absolute Gasteiger partial charge is 0.326 e. The van der Waals surface area contributed by atoms with Crippen LogP contribution in [0.15, 0.2) is 23.1 Å². The summed E-state index contributed by atoms with van der Waals surface area (Å²) in [7, 11) is -3.75. The predicted octanol–water partition coefficient (Wildman–Crippen LogP) is 2.54. The maximum Gasteiger partial charge on any atom is 0.243 e. The van der Waals surface area contributed by atoms with Gasteiger partial charge in [0.25, 0.3) is 0 Å². The highest BCUT2D eigenvalue weighted by molar-refractivity contribution is 7.89. The molecular weight excluding hydrogens is 307 g/mol. The molecule has 0 radical (unpaired) electrons. The molecule has 1 aromatic carbocycles. The Morgan fingerprint density at radius 1 is 1.16 bits per heavy atom. The molecule has 1 aliphatic carbocycles. The van der Waals surface area contributed by atoms with Gasteiger partial charge in [0, 0.05) is 12.1 Å². The van der Waals surface area contributed by atoms with Crippen LogP contribution in [0, 0.1) is 0 Å². The Kier molecular flexibility index (Phi) is 4.74. The van der Waals surface area contributed by atoms with Crippen LogP contribution in [0.2, 0.25) is 10.0 Å². The third-order valence-corrected chi connectivity index (χ3v) is 5.76. The normalized spacial score (nSPS) is 24.4. The molecule has 0 amide bonds. The fourth-order valence-corrected chi connectivity index (χ4v) is 4.77. The number of nitrogens with one attached hydrogen (secondary N) is 1. The molecule has 0 saturated heterocycles. The second-order valence-corrected chi connectivity index (χ2v) is 7.19. The summed E-state index contributed by atoms with van der Waals surface area (Å²) in [6.07, 6.45) is 3.56. The number of rotatable bonds is 3. The quantitative estimate of drug-likeness (QED) is 0.898. The molecule has 0 heterocycles. The van der Waals surface area contributed by atoms with Gasteiger partial charge in [-0.25, -0.2) is 13.1 Å². The number of hydrogen-bond donors (Lipinski definition) is 2. The van der Waals surface area contributed by atoms with Crippen LogP contribution in [-0.4, -0.2) is 20.5 Å². The van der Waals surface area contributed by atoms with Crippen molar-refractivity contribution in [3.05, 3.63) is 28.2 Å². The molecule has 2 atom stereocenters. The minimum Gasteiger partial charge on any atom is -0.326 e. The van der Waals surface area contributed by atoms with E-state index in [2.05, 4.69) is 4.72 Å². The number of benzene rings is 1. The molecule has 0 bridgehead atoms. The van der Waals surface area contributed by atoms with Crippen LogP contribution in [0.4, 0.5) is 0 Å². The zero-order valence-electron chi connectivity index (χ0n) is 10.3. The molecule has 0 spiro atoms. The Bertz CT molecular complexity index is 543. The number of nitrogens with two attached hydrogens (primary N) is 1. The van der Waals surface area contributed by atoms with Crippen molar-refractivity contribution in [3.63, 3.8) is 0 Å². The predicted molar refractivity (Wildman–Crippen MR) is 77.0 cm³/mol. The highest BCUT2D eigenvalue weighted by Gasteiger charge is 2.29. The van der Waals surface area contributed by atoms with Crippen molar-refractivity contribution in [2.75, 3.05) is 0 Å². The van der Waals surface area contributed by atoms with E-state index in [0.29, 0.717) is 0 Å². The minimum atomic E-state index is -3.75. The van der Waals surface area contributed by atoms with Gasteiger partial charge in [-0.15, -0.1) is 0 Å². The first-order valence-electron chi connectivity index (χ1n) is 6.14. The summed E-state index contributed by atoms with van der Waals surface area (Å²) in [5.41, 5.74) is 5.95. The molecule has 2 unspecified atom stereocenters. The maximum atomic E-state index is 12.4. The summed E-state index contributed by atoms with van der Waals surface area (Å²) in [5, 5.41) is 0.230. The van der Waals surface area contributed by atoms with Gasteiger partial charge < -0.3 is 5.73 Å². The van der Waals surface area contributed by atoms with E-state index in [-0.39, 0.29) is 27.0 Å². The first kappa shape index (κ1) is 15.1. The van der Waals surface area contributed by atoms with E-state index >= 15 is 0 Å². The van der Waals surface area contributed by atoms with Crippen LogP contribution in [-0.2, 0) is 10.0 Å². The average Bonchev–Trinajstić information content (AvgIpc) is 2.31. The van der Waals surface area contributed by atoms with Gasteiger partial charge in [0.05, 0.1) is 10.0 Å². The van der Waals surface area contributed by atoms with Crippen LogP contribution in [0.1, 0.15) is 25.7 Å².